The van der Waals surface area contributed by atoms with Crippen molar-refractivity contribution in [3.8, 4) is 0 Å². The molecule has 180 valence electrons. The number of fused-ring (bicyclic) bond motifs is 2. The highest BCUT2D eigenvalue weighted by Crippen LogP contribution is 2.41. The number of hydrogen-bond donors (Lipinski definition) is 1. The zero-order valence-corrected chi connectivity index (χ0v) is 19.1. The SMILES string of the molecule is Cc1noc(C)c1Cn1c(C(=O)O)c(N2C(=O)Cc3cscc3C2=O)c2cc(C(F)(F)F)ccc21. The molecule has 12 heteroatoms. The predicted octanol–water partition coefficient (Wildman–Crippen LogP) is 4.80. The third-order valence-corrected chi connectivity index (χ3v) is 6.85. The Balaban J connectivity index is 1.84. The first kappa shape index (κ1) is 22.8. The van der Waals surface area contributed by atoms with E-state index < -0.39 is 40.9 Å². The molecule has 1 aliphatic heterocycles. The molecule has 1 aromatic carbocycles. The molecule has 4 heterocycles. The van der Waals surface area contributed by atoms with Gasteiger partial charge in [-0.3, -0.25) is 9.59 Å². The summed E-state index contributed by atoms with van der Waals surface area (Å²) >= 11 is 1.20. The molecule has 8 nitrogen and oxygen atoms in total. The van der Waals surface area contributed by atoms with Gasteiger partial charge in [-0.1, -0.05) is 5.16 Å². The van der Waals surface area contributed by atoms with E-state index >= 15 is 0 Å². The van der Waals surface area contributed by atoms with Crippen molar-refractivity contribution in [1.82, 2.24) is 9.72 Å². The van der Waals surface area contributed by atoms with Gasteiger partial charge in [0, 0.05) is 16.3 Å². The fourth-order valence-electron chi connectivity index (χ4n) is 4.36. The second-order valence-corrected chi connectivity index (χ2v) is 8.89. The minimum absolute atomic E-state index is 0.107. The number of nitrogens with zero attached hydrogens (tertiary/aromatic N) is 3. The van der Waals surface area contributed by atoms with E-state index in [4.69, 9.17) is 4.52 Å². The summed E-state index contributed by atoms with van der Waals surface area (Å²) in [7, 11) is 0. The number of anilines is 1. The van der Waals surface area contributed by atoms with Crippen LogP contribution in [0.5, 0.6) is 0 Å². The minimum Gasteiger partial charge on any atom is -0.477 e. The molecule has 35 heavy (non-hydrogen) atoms. The number of halogens is 3. The van der Waals surface area contributed by atoms with Crippen molar-refractivity contribution < 1.29 is 37.2 Å². The lowest BCUT2D eigenvalue weighted by Crippen LogP contribution is -2.42. The van der Waals surface area contributed by atoms with Crippen molar-refractivity contribution >= 4 is 45.7 Å². The third kappa shape index (κ3) is 3.52. The molecule has 1 N–H and O–H groups in total. The second kappa shape index (κ2) is 7.80. The lowest BCUT2D eigenvalue weighted by Gasteiger charge is -2.25. The first-order chi connectivity index (χ1) is 16.5. The van der Waals surface area contributed by atoms with E-state index in [0.717, 1.165) is 18.2 Å². The van der Waals surface area contributed by atoms with Crippen molar-refractivity contribution in [3.05, 3.63) is 68.4 Å². The molecule has 0 aliphatic carbocycles. The van der Waals surface area contributed by atoms with Crippen LogP contribution in [-0.4, -0.2) is 32.6 Å². The fraction of sp³-hybridized carbons (Fsp3) is 0.217. The highest BCUT2D eigenvalue weighted by Gasteiger charge is 2.40. The van der Waals surface area contributed by atoms with Crippen molar-refractivity contribution in [2.45, 2.75) is 33.0 Å². The molecule has 0 saturated heterocycles. The smallest absolute Gasteiger partial charge is 0.416 e. The highest BCUT2D eigenvalue weighted by atomic mass is 32.1. The Hall–Kier alpha value is -3.93. The predicted molar refractivity (Wildman–Crippen MR) is 119 cm³/mol. The standard InChI is InChI=1S/C23H16F3N3O5S/c1-10-15(11(2)34-27-10)7-28-17-4-3-13(23(24,25)26)6-14(17)19(20(28)22(32)33)29-18(30)5-12-8-35-9-16(12)21(29)31/h3-4,6,8-9H,5,7H2,1-2H3,(H,32,33). The van der Waals surface area contributed by atoms with E-state index in [-0.39, 0.29) is 29.4 Å². The largest absolute Gasteiger partial charge is 0.477 e. The molecule has 0 atom stereocenters. The molecule has 0 fully saturated rings. The zero-order valence-electron chi connectivity index (χ0n) is 18.3. The van der Waals surface area contributed by atoms with Gasteiger partial charge in [0.25, 0.3) is 5.91 Å². The van der Waals surface area contributed by atoms with E-state index in [1.165, 1.54) is 21.3 Å². The molecule has 0 radical (unpaired) electrons. The molecule has 0 spiro atoms. The number of aromatic nitrogens is 2. The maximum atomic E-state index is 13.6. The number of aryl methyl sites for hydroxylation is 2. The van der Waals surface area contributed by atoms with Gasteiger partial charge in [0.1, 0.15) is 5.76 Å². The molecule has 3 aromatic heterocycles. The van der Waals surface area contributed by atoms with Crippen molar-refractivity contribution in [2.24, 2.45) is 0 Å². The Morgan fingerprint density at radius 2 is 1.97 bits per heavy atom. The number of hydrogen-bond acceptors (Lipinski definition) is 6. The van der Waals surface area contributed by atoms with Crippen LogP contribution >= 0.6 is 11.3 Å². The van der Waals surface area contributed by atoms with Crippen LogP contribution in [0.25, 0.3) is 10.9 Å². The van der Waals surface area contributed by atoms with Gasteiger partial charge in [0.2, 0.25) is 5.91 Å². The molecule has 1 aliphatic rings. The lowest BCUT2D eigenvalue weighted by molar-refractivity contribution is -0.137. The van der Waals surface area contributed by atoms with E-state index in [9.17, 15) is 32.7 Å². The lowest BCUT2D eigenvalue weighted by atomic mass is 10.0. The Morgan fingerprint density at radius 3 is 2.60 bits per heavy atom. The van der Waals surface area contributed by atoms with E-state index in [2.05, 4.69) is 5.16 Å². The van der Waals surface area contributed by atoms with Crippen LogP contribution in [-0.2, 0) is 23.9 Å². The maximum absolute atomic E-state index is 13.6. The summed E-state index contributed by atoms with van der Waals surface area (Å²) in [5.74, 6) is -2.61. The number of rotatable bonds is 4. The number of benzene rings is 1. The minimum atomic E-state index is -4.73. The van der Waals surface area contributed by atoms with E-state index in [0.29, 0.717) is 27.5 Å². The molecular formula is C23H16F3N3O5S. The topological polar surface area (TPSA) is 106 Å². The summed E-state index contributed by atoms with van der Waals surface area (Å²) < 4.78 is 47.2. The van der Waals surface area contributed by atoms with Gasteiger partial charge in [-0.25, -0.2) is 9.69 Å². The number of aromatic carboxylic acids is 1. The number of thiophene rings is 1. The Kier molecular flexibility index (Phi) is 5.09. The quantitative estimate of drug-likeness (QED) is 0.401. The number of carbonyl (C=O) groups excluding carboxylic acids is 2. The van der Waals surface area contributed by atoms with E-state index in [1.54, 1.807) is 19.2 Å². The Morgan fingerprint density at radius 1 is 1.23 bits per heavy atom. The number of carboxylic acid groups (broad SMARTS) is 1. The monoisotopic (exact) mass is 503 g/mol. The zero-order chi connectivity index (χ0) is 25.2. The Labute approximate surface area is 199 Å². The number of imide groups is 1. The average molecular weight is 503 g/mol. The molecule has 2 amide bonds. The second-order valence-electron chi connectivity index (χ2n) is 8.14. The maximum Gasteiger partial charge on any atom is 0.416 e. The van der Waals surface area contributed by atoms with Gasteiger partial charge < -0.3 is 14.2 Å². The summed E-state index contributed by atoms with van der Waals surface area (Å²) in [6.45, 7) is 3.17. The normalized spacial score (nSPS) is 14.1. The van der Waals surface area contributed by atoms with Gasteiger partial charge in [0.15, 0.2) is 5.69 Å². The molecular weight excluding hydrogens is 487 g/mol. The average Bonchev–Trinajstić information content (AvgIpc) is 3.46. The number of amides is 2. The van der Waals surface area contributed by atoms with Crippen molar-refractivity contribution in [3.63, 3.8) is 0 Å². The molecule has 4 aromatic rings. The van der Waals surface area contributed by atoms with Crippen LogP contribution in [0.15, 0.2) is 33.5 Å². The van der Waals surface area contributed by atoms with Gasteiger partial charge in [-0.2, -0.15) is 24.5 Å². The van der Waals surface area contributed by atoms with Gasteiger partial charge >= 0.3 is 12.1 Å². The summed E-state index contributed by atoms with van der Waals surface area (Å²) in [5, 5.41) is 17.0. The van der Waals surface area contributed by atoms with Gasteiger partial charge in [-0.15, -0.1) is 0 Å². The Bertz CT molecular complexity index is 1530. The molecule has 5 rings (SSSR count). The van der Waals surface area contributed by atoms with Crippen LogP contribution in [0, 0.1) is 13.8 Å². The van der Waals surface area contributed by atoms with Gasteiger partial charge in [0.05, 0.1) is 41.0 Å². The first-order valence-corrected chi connectivity index (χ1v) is 11.2. The summed E-state index contributed by atoms with van der Waals surface area (Å²) in [6.07, 6.45) is -4.91. The third-order valence-electron chi connectivity index (χ3n) is 6.05. The first-order valence-electron chi connectivity index (χ1n) is 10.3. The van der Waals surface area contributed by atoms with Crippen molar-refractivity contribution in [2.75, 3.05) is 4.90 Å². The number of carbonyl (C=O) groups is 3. The highest BCUT2D eigenvalue weighted by molar-refractivity contribution is 7.08. The van der Waals surface area contributed by atoms with Crippen LogP contribution < -0.4 is 4.90 Å². The van der Waals surface area contributed by atoms with Gasteiger partial charge in [-0.05, 0) is 43.0 Å². The van der Waals surface area contributed by atoms with Crippen LogP contribution in [0.2, 0.25) is 0 Å². The molecule has 0 bridgehead atoms. The van der Waals surface area contributed by atoms with E-state index in [1.807, 2.05) is 0 Å². The molecule has 0 unspecified atom stereocenters. The summed E-state index contributed by atoms with van der Waals surface area (Å²) in [6, 6.07) is 2.74. The number of alkyl halides is 3. The van der Waals surface area contributed by atoms with Crippen LogP contribution in [0.3, 0.4) is 0 Å². The van der Waals surface area contributed by atoms with Crippen molar-refractivity contribution in [1.29, 1.82) is 0 Å². The summed E-state index contributed by atoms with van der Waals surface area (Å²) in [4.78, 5) is 39.5. The fourth-order valence-corrected chi connectivity index (χ4v) is 5.19. The van der Waals surface area contributed by atoms with Crippen LogP contribution in [0.1, 0.15) is 49.0 Å². The molecule has 0 saturated carbocycles. The number of carboxylic acids is 1. The van der Waals surface area contributed by atoms with Crippen LogP contribution in [0.4, 0.5) is 18.9 Å². The summed E-state index contributed by atoms with van der Waals surface area (Å²) in [5.41, 5.74) is -0.0857.